The molecule has 59 heavy (non-hydrogen) atoms. The summed E-state index contributed by atoms with van der Waals surface area (Å²) >= 11 is 0. The van der Waals surface area contributed by atoms with Gasteiger partial charge in [-0.05, 0) is 125 Å². The van der Waals surface area contributed by atoms with Crippen molar-refractivity contribution in [2.45, 2.75) is 0 Å². The first-order valence-corrected chi connectivity index (χ1v) is 20.2. The predicted molar refractivity (Wildman–Crippen MR) is 249 cm³/mol. The Morgan fingerprint density at radius 3 is 1.63 bits per heavy atom. The molecule has 0 bridgehead atoms. The third-order valence-electron chi connectivity index (χ3n) is 12.5. The van der Waals surface area contributed by atoms with Crippen molar-refractivity contribution in [3.63, 3.8) is 0 Å². The number of para-hydroxylation sites is 2. The van der Waals surface area contributed by atoms with Crippen LogP contribution in [-0.4, -0.2) is 14.4 Å². The van der Waals surface area contributed by atoms with Gasteiger partial charge in [0.1, 0.15) is 5.65 Å². The minimum atomic E-state index is 0.946. The van der Waals surface area contributed by atoms with Crippen LogP contribution in [0, 0.1) is 0 Å². The second-order valence-corrected chi connectivity index (χ2v) is 15.7. The van der Waals surface area contributed by atoms with Crippen molar-refractivity contribution in [1.29, 1.82) is 0 Å². The van der Waals surface area contributed by atoms with Crippen molar-refractivity contribution in [2.75, 3.05) is 0 Å². The predicted octanol–water partition coefficient (Wildman–Crippen LogP) is 15.0. The molecule has 10 aromatic carbocycles. The maximum Gasteiger partial charge on any atom is 0.146 e. The van der Waals surface area contributed by atoms with Gasteiger partial charge in [-0.25, -0.2) is 4.98 Å². The largest absolute Gasteiger partial charge is 0.292 e. The summed E-state index contributed by atoms with van der Waals surface area (Å²) in [5, 5.41) is 14.4. The summed E-state index contributed by atoms with van der Waals surface area (Å²) in [5.74, 6) is 0. The number of hydrogen-bond acceptors (Lipinski definition) is 2. The van der Waals surface area contributed by atoms with Crippen molar-refractivity contribution in [3.8, 4) is 33.4 Å². The number of rotatable bonds is 3. The number of aromatic nitrogens is 3. The van der Waals surface area contributed by atoms with Gasteiger partial charge in [0.25, 0.3) is 0 Å². The number of hydrogen-bond donors (Lipinski definition) is 0. The molecular weight excluding hydrogens is 715 g/mol. The van der Waals surface area contributed by atoms with Gasteiger partial charge >= 0.3 is 0 Å². The summed E-state index contributed by atoms with van der Waals surface area (Å²) in [7, 11) is 0. The smallest absolute Gasteiger partial charge is 0.146 e. The van der Waals surface area contributed by atoms with Crippen LogP contribution in [0.3, 0.4) is 0 Å². The van der Waals surface area contributed by atoms with Crippen LogP contribution in [0.1, 0.15) is 0 Å². The summed E-state index contributed by atoms with van der Waals surface area (Å²) in [6.45, 7) is 0. The lowest BCUT2D eigenvalue weighted by Crippen LogP contribution is -1.94. The lowest BCUT2D eigenvalue weighted by molar-refractivity contribution is 1.31. The number of pyridine rings is 2. The zero-order valence-corrected chi connectivity index (χ0v) is 31.9. The molecule has 0 aliphatic carbocycles. The SMILES string of the molecule is c1ccc2cc(-c3c4ccccc4c(-c4ccc5ccccc5c4)c4cc(-c5ccc6c7c(ccc8cccnc87)c7nc8ccccc8n7c6c5)ccc34)ccc2c1. The summed E-state index contributed by atoms with van der Waals surface area (Å²) in [6.07, 6.45) is 1.90. The highest BCUT2D eigenvalue weighted by Crippen LogP contribution is 2.46. The second-order valence-electron chi connectivity index (χ2n) is 15.7. The summed E-state index contributed by atoms with van der Waals surface area (Å²) < 4.78 is 2.35. The van der Waals surface area contributed by atoms with Crippen molar-refractivity contribution in [2.24, 2.45) is 0 Å². The lowest BCUT2D eigenvalue weighted by Gasteiger charge is -2.19. The van der Waals surface area contributed by atoms with Gasteiger partial charge in [-0.15, -0.1) is 0 Å². The van der Waals surface area contributed by atoms with Crippen molar-refractivity contribution < 1.29 is 0 Å². The Morgan fingerprint density at radius 2 is 0.881 bits per heavy atom. The fraction of sp³-hybridized carbons (Fsp3) is 0. The Hall–Kier alpha value is -7.88. The maximum atomic E-state index is 5.23. The summed E-state index contributed by atoms with van der Waals surface area (Å²) in [4.78, 5) is 10.2. The van der Waals surface area contributed by atoms with Gasteiger partial charge in [0, 0.05) is 27.7 Å². The molecule has 0 radical (unpaired) electrons. The fourth-order valence-electron chi connectivity index (χ4n) is 9.83. The van der Waals surface area contributed by atoms with E-state index in [1.54, 1.807) is 0 Å². The average Bonchev–Trinajstić information content (AvgIpc) is 3.70. The van der Waals surface area contributed by atoms with Gasteiger partial charge in [-0.1, -0.05) is 146 Å². The third-order valence-corrected chi connectivity index (χ3v) is 12.5. The van der Waals surface area contributed by atoms with Gasteiger partial charge in [-0.3, -0.25) is 9.38 Å². The number of nitrogens with zero attached hydrogens (tertiary/aromatic N) is 3. The lowest BCUT2D eigenvalue weighted by atomic mass is 9.84. The minimum absolute atomic E-state index is 0.946. The van der Waals surface area contributed by atoms with E-state index in [4.69, 9.17) is 9.97 Å². The standard InChI is InChI=1S/C56H33N3/c1-3-12-37-30-41(21-19-34(37)10-1)52-43-15-5-6-16-44(43)53(42-22-20-35-11-2-4-13-38(35)31-42)48-32-39(24-26-45(48)52)40-25-27-46-51(33-40)59-50-18-8-7-17-49(50)58-56(59)47-28-23-36-14-9-29-57-55(36)54(46)47/h1-33H. The van der Waals surface area contributed by atoms with Crippen LogP contribution in [-0.2, 0) is 0 Å². The highest BCUT2D eigenvalue weighted by Gasteiger charge is 2.20. The van der Waals surface area contributed by atoms with E-state index < -0.39 is 0 Å². The Balaban J connectivity index is 1.13. The molecule has 3 heterocycles. The van der Waals surface area contributed by atoms with Gasteiger partial charge in [-0.2, -0.15) is 0 Å². The number of benzene rings is 10. The highest BCUT2D eigenvalue weighted by molar-refractivity contribution is 6.24. The molecule has 0 N–H and O–H groups in total. The van der Waals surface area contributed by atoms with E-state index >= 15 is 0 Å². The molecule has 0 saturated carbocycles. The Kier molecular flexibility index (Phi) is 6.72. The normalized spacial score (nSPS) is 12.1. The molecule has 3 nitrogen and oxygen atoms in total. The van der Waals surface area contributed by atoms with Gasteiger partial charge in [0.05, 0.1) is 22.1 Å². The Bertz CT molecular complexity index is 3910. The van der Waals surface area contributed by atoms with Crippen LogP contribution in [0.2, 0.25) is 0 Å². The van der Waals surface area contributed by atoms with E-state index in [9.17, 15) is 0 Å². The monoisotopic (exact) mass is 747 g/mol. The van der Waals surface area contributed by atoms with E-state index in [0.29, 0.717) is 0 Å². The van der Waals surface area contributed by atoms with Crippen molar-refractivity contribution >= 4 is 92.3 Å². The van der Waals surface area contributed by atoms with Crippen LogP contribution in [0.25, 0.3) is 126 Å². The second kappa shape index (κ2) is 12.3. The molecule has 0 saturated heterocycles. The third kappa shape index (κ3) is 4.76. The molecule has 0 aliphatic heterocycles. The minimum Gasteiger partial charge on any atom is -0.292 e. The molecule has 0 aliphatic rings. The Labute approximate surface area is 339 Å². The summed E-state index contributed by atoms with van der Waals surface area (Å²) in [6, 6.07) is 71.1. The van der Waals surface area contributed by atoms with Crippen LogP contribution < -0.4 is 0 Å². The van der Waals surface area contributed by atoms with E-state index in [-0.39, 0.29) is 0 Å². The fourth-order valence-corrected chi connectivity index (χ4v) is 9.83. The average molecular weight is 748 g/mol. The van der Waals surface area contributed by atoms with E-state index in [1.165, 1.54) is 65.3 Å². The van der Waals surface area contributed by atoms with Crippen molar-refractivity contribution in [3.05, 3.63) is 200 Å². The van der Waals surface area contributed by atoms with Crippen LogP contribution in [0.4, 0.5) is 0 Å². The molecule has 13 rings (SSSR count). The highest BCUT2D eigenvalue weighted by atomic mass is 15.0. The topological polar surface area (TPSA) is 30.2 Å². The summed E-state index contributed by atoms with van der Waals surface area (Å²) in [5.41, 5.74) is 12.4. The first kappa shape index (κ1) is 32.2. The molecule has 0 unspecified atom stereocenters. The van der Waals surface area contributed by atoms with Gasteiger partial charge in [0.15, 0.2) is 0 Å². The Morgan fingerprint density at radius 1 is 0.339 bits per heavy atom. The molecule has 3 aromatic heterocycles. The van der Waals surface area contributed by atoms with Crippen LogP contribution in [0.5, 0.6) is 0 Å². The first-order valence-electron chi connectivity index (χ1n) is 20.2. The molecule has 0 atom stereocenters. The number of imidazole rings is 1. The van der Waals surface area contributed by atoms with Gasteiger partial charge < -0.3 is 0 Å². The van der Waals surface area contributed by atoms with Gasteiger partial charge in [0.2, 0.25) is 0 Å². The molecule has 13 aromatic rings. The molecule has 0 amide bonds. The van der Waals surface area contributed by atoms with E-state index in [0.717, 1.165) is 60.4 Å². The van der Waals surface area contributed by atoms with Crippen molar-refractivity contribution in [1.82, 2.24) is 14.4 Å². The number of fused-ring (bicyclic) bond motifs is 14. The molecular formula is C56H33N3. The van der Waals surface area contributed by atoms with E-state index in [1.807, 2.05) is 12.3 Å². The van der Waals surface area contributed by atoms with Crippen LogP contribution >= 0.6 is 0 Å². The maximum absolute atomic E-state index is 5.23. The van der Waals surface area contributed by atoms with Crippen LogP contribution in [0.15, 0.2) is 200 Å². The molecule has 272 valence electrons. The quantitative estimate of drug-likeness (QED) is 0.133. The molecule has 0 fully saturated rings. The van der Waals surface area contributed by atoms with E-state index in [2.05, 4.69) is 192 Å². The first-order chi connectivity index (χ1) is 29.2. The zero-order valence-electron chi connectivity index (χ0n) is 31.9. The molecule has 3 heteroatoms. The zero-order chi connectivity index (χ0) is 38.6. The molecule has 0 spiro atoms.